The van der Waals surface area contributed by atoms with Crippen LogP contribution in [-0.4, -0.2) is 65.9 Å². The van der Waals surface area contributed by atoms with Crippen LogP contribution >= 0.6 is 0 Å². The van der Waals surface area contributed by atoms with Crippen LogP contribution in [0.4, 0.5) is 21.9 Å². The molecule has 1 unspecified atom stereocenters. The van der Waals surface area contributed by atoms with Gasteiger partial charge in [0.25, 0.3) is 5.69 Å². The van der Waals surface area contributed by atoms with Gasteiger partial charge in [0.05, 0.1) is 10.8 Å². The first-order valence-corrected chi connectivity index (χ1v) is 10.9. The van der Waals surface area contributed by atoms with Crippen LogP contribution in [0.3, 0.4) is 0 Å². The lowest BCUT2D eigenvalue weighted by Crippen LogP contribution is -2.53. The van der Waals surface area contributed by atoms with Crippen LogP contribution in [0.1, 0.15) is 12.8 Å². The van der Waals surface area contributed by atoms with E-state index in [2.05, 4.69) is 10.2 Å². The van der Waals surface area contributed by atoms with Crippen LogP contribution in [-0.2, 0) is 4.79 Å². The molecule has 2 aliphatic heterocycles. The molecular formula is C23H27N5O4. The van der Waals surface area contributed by atoms with E-state index >= 15 is 0 Å². The molecule has 1 N–H and O–H groups in total. The second-order valence-corrected chi connectivity index (χ2v) is 8.17. The fourth-order valence-electron chi connectivity index (χ4n) is 4.32. The van der Waals surface area contributed by atoms with Crippen LogP contribution in [0.5, 0.6) is 0 Å². The molecule has 2 fully saturated rings. The Kier molecular flexibility index (Phi) is 6.53. The molecule has 3 amide bonds. The van der Waals surface area contributed by atoms with Gasteiger partial charge in [-0.2, -0.15) is 0 Å². The predicted molar refractivity (Wildman–Crippen MR) is 122 cm³/mol. The van der Waals surface area contributed by atoms with Crippen molar-refractivity contribution in [1.29, 1.82) is 0 Å². The number of non-ortho nitro benzene ring substituents is 1. The largest absolute Gasteiger partial charge is 0.368 e. The van der Waals surface area contributed by atoms with Gasteiger partial charge in [-0.05, 0) is 37.1 Å². The molecule has 0 bridgehead atoms. The van der Waals surface area contributed by atoms with Crippen LogP contribution in [0, 0.1) is 16.0 Å². The lowest BCUT2D eigenvalue weighted by Gasteiger charge is -2.39. The number of nitro benzene ring substituents is 1. The Balaban J connectivity index is 1.29. The van der Waals surface area contributed by atoms with Gasteiger partial charge < -0.3 is 20.0 Å². The molecule has 0 spiro atoms. The lowest BCUT2D eigenvalue weighted by molar-refractivity contribution is -0.384. The predicted octanol–water partition coefficient (Wildman–Crippen LogP) is 3.19. The molecule has 168 valence electrons. The first-order valence-electron chi connectivity index (χ1n) is 10.9. The number of benzene rings is 2. The topological polar surface area (TPSA) is 99.0 Å². The molecule has 4 rings (SSSR count). The van der Waals surface area contributed by atoms with E-state index in [-0.39, 0.29) is 23.5 Å². The van der Waals surface area contributed by atoms with Gasteiger partial charge in [-0.15, -0.1) is 0 Å². The van der Waals surface area contributed by atoms with Crippen molar-refractivity contribution in [1.82, 2.24) is 9.80 Å². The third-order valence-electron chi connectivity index (χ3n) is 6.10. The van der Waals surface area contributed by atoms with Crippen molar-refractivity contribution in [3.05, 3.63) is 64.7 Å². The van der Waals surface area contributed by atoms with Crippen LogP contribution < -0.4 is 10.2 Å². The number of hydrogen-bond donors (Lipinski definition) is 1. The maximum Gasteiger partial charge on any atom is 0.321 e. The van der Waals surface area contributed by atoms with Crippen molar-refractivity contribution >= 4 is 29.0 Å². The summed E-state index contributed by atoms with van der Waals surface area (Å²) in [5.74, 6) is -0.0817. The number of nitro groups is 1. The van der Waals surface area contributed by atoms with Crippen LogP contribution in [0.25, 0.3) is 0 Å². The summed E-state index contributed by atoms with van der Waals surface area (Å²) < 4.78 is 0. The molecule has 2 aromatic rings. The number of nitrogens with one attached hydrogen (secondary N) is 1. The van der Waals surface area contributed by atoms with E-state index in [9.17, 15) is 19.7 Å². The summed E-state index contributed by atoms with van der Waals surface area (Å²) in [7, 11) is 0. The third kappa shape index (κ3) is 4.99. The zero-order valence-corrected chi connectivity index (χ0v) is 17.9. The fourth-order valence-corrected chi connectivity index (χ4v) is 4.32. The number of para-hydroxylation sites is 1. The minimum absolute atomic E-state index is 0.0701. The van der Waals surface area contributed by atoms with Gasteiger partial charge in [0, 0.05) is 62.8 Å². The van der Waals surface area contributed by atoms with Crippen LogP contribution in [0.2, 0.25) is 0 Å². The van der Waals surface area contributed by atoms with Crippen molar-refractivity contribution in [3.63, 3.8) is 0 Å². The summed E-state index contributed by atoms with van der Waals surface area (Å²) in [4.78, 5) is 41.9. The Labute approximate surface area is 186 Å². The minimum Gasteiger partial charge on any atom is -0.368 e. The summed E-state index contributed by atoms with van der Waals surface area (Å²) >= 11 is 0. The average molecular weight is 438 g/mol. The fraction of sp³-hybridized carbons (Fsp3) is 0.391. The van der Waals surface area contributed by atoms with E-state index in [1.165, 1.54) is 12.1 Å². The van der Waals surface area contributed by atoms with E-state index in [1.807, 2.05) is 35.2 Å². The summed E-state index contributed by atoms with van der Waals surface area (Å²) in [6.45, 7) is 3.63. The van der Waals surface area contributed by atoms with Crippen molar-refractivity contribution in [2.45, 2.75) is 12.8 Å². The average Bonchev–Trinajstić information content (AvgIpc) is 2.84. The number of amides is 3. The molecular weight excluding hydrogens is 410 g/mol. The molecule has 0 aliphatic carbocycles. The first-order chi connectivity index (χ1) is 15.5. The molecule has 2 heterocycles. The van der Waals surface area contributed by atoms with Crippen LogP contribution in [0.15, 0.2) is 54.6 Å². The number of carbonyl (C=O) groups is 2. The number of piperazine rings is 1. The molecule has 9 heteroatoms. The van der Waals surface area contributed by atoms with Crippen molar-refractivity contribution in [2.75, 3.05) is 49.5 Å². The number of anilines is 2. The summed E-state index contributed by atoms with van der Waals surface area (Å²) in [5.41, 5.74) is 1.73. The zero-order valence-electron chi connectivity index (χ0n) is 17.9. The molecule has 2 saturated heterocycles. The van der Waals surface area contributed by atoms with E-state index < -0.39 is 4.92 Å². The highest BCUT2D eigenvalue weighted by atomic mass is 16.6. The number of hydrogen-bond acceptors (Lipinski definition) is 5. The Morgan fingerprint density at radius 3 is 2.25 bits per heavy atom. The second kappa shape index (κ2) is 9.67. The van der Waals surface area contributed by atoms with Gasteiger partial charge in [0.1, 0.15) is 0 Å². The lowest BCUT2D eigenvalue weighted by atomic mass is 9.96. The highest BCUT2D eigenvalue weighted by Gasteiger charge is 2.32. The number of likely N-dealkylation sites (tertiary alicyclic amines) is 1. The molecule has 2 aliphatic rings. The molecule has 32 heavy (non-hydrogen) atoms. The molecule has 0 saturated carbocycles. The smallest absolute Gasteiger partial charge is 0.321 e. The number of rotatable bonds is 4. The number of carbonyl (C=O) groups excluding carboxylic acids is 2. The maximum atomic E-state index is 13.1. The summed E-state index contributed by atoms with van der Waals surface area (Å²) in [6, 6.07) is 15.7. The van der Waals surface area contributed by atoms with E-state index in [0.717, 1.165) is 24.2 Å². The highest BCUT2D eigenvalue weighted by molar-refractivity contribution is 5.90. The molecule has 2 aromatic carbocycles. The molecule has 9 nitrogen and oxygen atoms in total. The second-order valence-electron chi connectivity index (χ2n) is 8.17. The Hall–Kier alpha value is -3.62. The normalized spacial score (nSPS) is 18.9. The minimum atomic E-state index is -0.409. The Bertz CT molecular complexity index is 958. The SMILES string of the molecule is O=C(Nc1ccccc1)N1CCCC(C(=O)N2CCN(c3ccc([N+](=O)[O-])cc3)CC2)C1. The van der Waals surface area contributed by atoms with Gasteiger partial charge in [-0.1, -0.05) is 18.2 Å². The van der Waals surface area contributed by atoms with Gasteiger partial charge in [-0.3, -0.25) is 14.9 Å². The monoisotopic (exact) mass is 437 g/mol. The summed E-state index contributed by atoms with van der Waals surface area (Å²) in [5, 5.41) is 13.7. The standard InChI is InChI=1S/C23H27N5O4/c29-22(18-5-4-12-27(17-18)23(30)24-19-6-2-1-3-7-19)26-15-13-25(14-16-26)20-8-10-21(11-9-20)28(31)32/h1-3,6-11,18H,4-5,12-17H2,(H,24,30). The maximum absolute atomic E-state index is 13.1. The van der Waals surface area contributed by atoms with Gasteiger partial charge in [0.2, 0.25) is 5.91 Å². The Morgan fingerprint density at radius 2 is 1.59 bits per heavy atom. The van der Waals surface area contributed by atoms with Gasteiger partial charge in [0.15, 0.2) is 0 Å². The number of urea groups is 1. The zero-order chi connectivity index (χ0) is 22.5. The third-order valence-corrected chi connectivity index (χ3v) is 6.10. The Morgan fingerprint density at radius 1 is 0.906 bits per heavy atom. The van der Waals surface area contributed by atoms with Crippen molar-refractivity contribution < 1.29 is 14.5 Å². The van der Waals surface area contributed by atoms with Gasteiger partial charge in [-0.25, -0.2) is 4.79 Å². The van der Waals surface area contributed by atoms with Crippen molar-refractivity contribution in [2.24, 2.45) is 5.92 Å². The summed E-state index contributed by atoms with van der Waals surface area (Å²) in [6.07, 6.45) is 1.60. The molecule has 0 aromatic heterocycles. The quantitative estimate of drug-likeness (QED) is 0.585. The van der Waals surface area contributed by atoms with Gasteiger partial charge >= 0.3 is 6.03 Å². The molecule has 1 atom stereocenters. The molecule has 0 radical (unpaired) electrons. The van der Waals surface area contributed by atoms with E-state index in [1.54, 1.807) is 17.0 Å². The van der Waals surface area contributed by atoms with E-state index in [0.29, 0.717) is 39.3 Å². The van der Waals surface area contributed by atoms with E-state index in [4.69, 9.17) is 0 Å². The number of nitrogens with zero attached hydrogens (tertiary/aromatic N) is 4. The van der Waals surface area contributed by atoms with Crippen molar-refractivity contribution in [3.8, 4) is 0 Å². The number of piperidine rings is 1. The highest BCUT2D eigenvalue weighted by Crippen LogP contribution is 2.23. The first kappa shape index (κ1) is 21.6.